The summed E-state index contributed by atoms with van der Waals surface area (Å²) in [5.41, 5.74) is 2.06. The summed E-state index contributed by atoms with van der Waals surface area (Å²) in [5.74, 6) is 1.67. The van der Waals surface area contributed by atoms with E-state index in [1.165, 1.54) is 0 Å². The second kappa shape index (κ2) is 7.87. The minimum Gasteiger partial charge on any atom is -0.490 e. The maximum atomic E-state index is 5.87. The summed E-state index contributed by atoms with van der Waals surface area (Å²) in [6.45, 7) is 3.10. The van der Waals surface area contributed by atoms with Gasteiger partial charge in [-0.25, -0.2) is 0 Å². The van der Waals surface area contributed by atoms with Gasteiger partial charge in [-0.1, -0.05) is 36.4 Å². The molecule has 2 unspecified atom stereocenters. The monoisotopic (exact) mass is 342 g/mol. The molecule has 0 aromatic heterocycles. The van der Waals surface area contributed by atoms with E-state index in [4.69, 9.17) is 23.7 Å². The van der Waals surface area contributed by atoms with Crippen molar-refractivity contribution >= 4 is 0 Å². The van der Waals surface area contributed by atoms with Gasteiger partial charge in [0.25, 0.3) is 0 Å². The van der Waals surface area contributed by atoms with Crippen molar-refractivity contribution in [2.45, 2.75) is 25.4 Å². The number of hydrogen-bond donors (Lipinski definition) is 0. The molecule has 4 rings (SSSR count). The van der Waals surface area contributed by atoms with Gasteiger partial charge in [-0.3, -0.25) is 0 Å². The van der Waals surface area contributed by atoms with Gasteiger partial charge < -0.3 is 23.7 Å². The Morgan fingerprint density at radius 3 is 1.64 bits per heavy atom. The summed E-state index contributed by atoms with van der Waals surface area (Å²) in [4.78, 5) is 0. The van der Waals surface area contributed by atoms with Crippen molar-refractivity contribution in [3.8, 4) is 11.5 Å². The third-order valence-electron chi connectivity index (χ3n) is 4.31. The highest BCUT2D eigenvalue weighted by molar-refractivity contribution is 5.33. The van der Waals surface area contributed by atoms with Crippen LogP contribution in [0.1, 0.15) is 11.1 Å². The Hall–Kier alpha value is -2.08. The van der Waals surface area contributed by atoms with Crippen molar-refractivity contribution in [2.75, 3.05) is 26.4 Å². The number of epoxide rings is 1. The zero-order valence-electron chi connectivity index (χ0n) is 14.1. The standard InChI is InChI=1S/C20H22O5/c1-3-7-17-15(5-1)11-21-13-19-20(25-19)14-22-12-16-6-2-4-8-18(16)24-10-9-23-17/h1-8,19-20H,9-14H2. The van der Waals surface area contributed by atoms with E-state index in [2.05, 4.69) is 0 Å². The molecular weight excluding hydrogens is 320 g/mol. The van der Waals surface area contributed by atoms with Gasteiger partial charge in [-0.15, -0.1) is 0 Å². The van der Waals surface area contributed by atoms with Crippen molar-refractivity contribution < 1.29 is 23.7 Å². The van der Waals surface area contributed by atoms with Crippen molar-refractivity contribution in [3.05, 3.63) is 59.7 Å². The molecule has 0 amide bonds. The molecule has 0 bridgehead atoms. The van der Waals surface area contributed by atoms with Crippen molar-refractivity contribution in [1.82, 2.24) is 0 Å². The number of ether oxygens (including phenoxy) is 5. The topological polar surface area (TPSA) is 49.5 Å². The lowest BCUT2D eigenvalue weighted by Gasteiger charge is -2.14. The first-order valence-corrected chi connectivity index (χ1v) is 8.62. The third-order valence-corrected chi connectivity index (χ3v) is 4.31. The van der Waals surface area contributed by atoms with E-state index >= 15 is 0 Å². The van der Waals surface area contributed by atoms with Gasteiger partial charge in [-0.05, 0) is 12.1 Å². The fraction of sp³-hybridized carbons (Fsp3) is 0.400. The summed E-state index contributed by atoms with van der Waals surface area (Å²) in [6, 6.07) is 15.9. The van der Waals surface area contributed by atoms with Gasteiger partial charge in [0.2, 0.25) is 0 Å². The van der Waals surface area contributed by atoms with Crippen LogP contribution in [0.4, 0.5) is 0 Å². The van der Waals surface area contributed by atoms with E-state index in [0.717, 1.165) is 22.6 Å². The van der Waals surface area contributed by atoms with Crippen molar-refractivity contribution in [3.63, 3.8) is 0 Å². The minimum absolute atomic E-state index is 0.118. The molecule has 2 atom stereocenters. The molecule has 2 aromatic carbocycles. The largest absolute Gasteiger partial charge is 0.490 e. The summed E-state index contributed by atoms with van der Waals surface area (Å²) in [6.07, 6.45) is 0.236. The van der Waals surface area contributed by atoms with Crippen LogP contribution >= 0.6 is 0 Å². The molecule has 2 aliphatic rings. The van der Waals surface area contributed by atoms with E-state index < -0.39 is 0 Å². The maximum Gasteiger partial charge on any atom is 0.125 e. The average Bonchev–Trinajstić information content (AvgIpc) is 3.38. The highest BCUT2D eigenvalue weighted by Crippen LogP contribution is 2.26. The lowest BCUT2D eigenvalue weighted by molar-refractivity contribution is 0.101. The van der Waals surface area contributed by atoms with Crippen LogP contribution in [0.5, 0.6) is 11.5 Å². The second-order valence-corrected chi connectivity index (χ2v) is 6.16. The van der Waals surface area contributed by atoms with Crippen LogP contribution in [-0.2, 0) is 27.4 Å². The van der Waals surface area contributed by atoms with Crippen LogP contribution in [0, 0.1) is 0 Å². The molecule has 0 aliphatic carbocycles. The Morgan fingerprint density at radius 1 is 0.640 bits per heavy atom. The smallest absolute Gasteiger partial charge is 0.125 e. The molecule has 1 fully saturated rings. The van der Waals surface area contributed by atoms with Gasteiger partial charge in [0.05, 0.1) is 26.4 Å². The van der Waals surface area contributed by atoms with Crippen molar-refractivity contribution in [2.24, 2.45) is 0 Å². The minimum atomic E-state index is 0.118. The summed E-state index contributed by atoms with van der Waals surface area (Å²) in [7, 11) is 0. The quantitative estimate of drug-likeness (QED) is 0.689. The Kier molecular flexibility index (Phi) is 5.16. The molecule has 1 saturated heterocycles. The molecule has 5 nitrogen and oxygen atoms in total. The van der Waals surface area contributed by atoms with Crippen LogP contribution in [0.15, 0.2) is 48.5 Å². The lowest BCUT2D eigenvalue weighted by atomic mass is 10.2. The Labute approximate surface area is 147 Å². The summed E-state index contributed by atoms with van der Waals surface area (Å²) in [5, 5.41) is 0. The molecule has 0 saturated carbocycles. The SMILES string of the molecule is c1ccc2c(c1)COCC1OC1COCc1ccccc1OCCO2. The predicted molar refractivity (Wildman–Crippen MR) is 91.8 cm³/mol. The average molecular weight is 342 g/mol. The maximum absolute atomic E-state index is 5.87. The van der Waals surface area contributed by atoms with Crippen LogP contribution in [0.25, 0.3) is 0 Å². The fourth-order valence-corrected chi connectivity index (χ4v) is 2.87. The van der Waals surface area contributed by atoms with Gasteiger partial charge >= 0.3 is 0 Å². The molecule has 5 heteroatoms. The zero-order chi connectivity index (χ0) is 16.9. The molecule has 0 N–H and O–H groups in total. The van der Waals surface area contributed by atoms with E-state index in [0.29, 0.717) is 39.6 Å². The number of hydrogen-bond acceptors (Lipinski definition) is 5. The van der Waals surface area contributed by atoms with Gasteiger partial charge in [0.15, 0.2) is 0 Å². The van der Waals surface area contributed by atoms with Crippen LogP contribution in [0.3, 0.4) is 0 Å². The Bertz CT molecular complexity index is 642. The van der Waals surface area contributed by atoms with E-state index in [9.17, 15) is 0 Å². The van der Waals surface area contributed by atoms with E-state index in [-0.39, 0.29) is 12.2 Å². The Balaban J connectivity index is 1.46. The fourth-order valence-electron chi connectivity index (χ4n) is 2.87. The molecule has 25 heavy (non-hydrogen) atoms. The van der Waals surface area contributed by atoms with Gasteiger partial charge in [0.1, 0.15) is 36.9 Å². The van der Waals surface area contributed by atoms with Crippen LogP contribution in [0.2, 0.25) is 0 Å². The number of benzene rings is 2. The number of fused-ring (bicyclic) bond motifs is 3. The predicted octanol–water partition coefficient (Wildman–Crippen LogP) is 2.96. The van der Waals surface area contributed by atoms with Gasteiger partial charge in [0, 0.05) is 11.1 Å². The van der Waals surface area contributed by atoms with Crippen LogP contribution < -0.4 is 9.47 Å². The lowest BCUT2D eigenvalue weighted by Crippen LogP contribution is -2.13. The van der Waals surface area contributed by atoms with E-state index in [1.807, 2.05) is 48.5 Å². The van der Waals surface area contributed by atoms with Gasteiger partial charge in [-0.2, -0.15) is 0 Å². The molecular formula is C20H22O5. The Morgan fingerprint density at radius 2 is 1.12 bits per heavy atom. The molecule has 2 heterocycles. The summed E-state index contributed by atoms with van der Waals surface area (Å²) < 4.78 is 28.9. The molecule has 2 aromatic rings. The zero-order valence-corrected chi connectivity index (χ0v) is 14.1. The normalized spacial score (nSPS) is 24.0. The van der Waals surface area contributed by atoms with Crippen molar-refractivity contribution in [1.29, 1.82) is 0 Å². The molecule has 2 aliphatic heterocycles. The molecule has 0 radical (unpaired) electrons. The van der Waals surface area contributed by atoms with Crippen LogP contribution in [-0.4, -0.2) is 38.6 Å². The second-order valence-electron chi connectivity index (χ2n) is 6.16. The van der Waals surface area contributed by atoms with E-state index in [1.54, 1.807) is 0 Å². The molecule has 132 valence electrons. The first-order valence-electron chi connectivity index (χ1n) is 8.62. The third kappa shape index (κ3) is 4.31. The highest BCUT2D eigenvalue weighted by atomic mass is 16.6. The summed E-state index contributed by atoms with van der Waals surface area (Å²) >= 11 is 0. The number of para-hydroxylation sites is 2. The highest BCUT2D eigenvalue weighted by Gasteiger charge is 2.39. The number of rotatable bonds is 0. The first-order chi connectivity index (χ1) is 12.4. The molecule has 0 spiro atoms. The first kappa shape index (κ1) is 16.4.